The minimum atomic E-state index is -0.605. The molecule has 0 N–H and O–H groups in total. The number of rotatable bonds is 6. The van der Waals surface area contributed by atoms with E-state index in [-0.39, 0.29) is 17.9 Å². The highest BCUT2D eigenvalue weighted by Crippen LogP contribution is 2.31. The van der Waals surface area contributed by atoms with Crippen LogP contribution in [-0.2, 0) is 11.2 Å². The van der Waals surface area contributed by atoms with E-state index in [4.69, 9.17) is 9.47 Å². The van der Waals surface area contributed by atoms with Gasteiger partial charge in [0.2, 0.25) is 5.75 Å². The van der Waals surface area contributed by atoms with Crippen molar-refractivity contribution in [2.45, 2.75) is 19.8 Å². The Morgan fingerprint density at radius 2 is 2.00 bits per heavy atom. The molecule has 0 saturated carbocycles. The summed E-state index contributed by atoms with van der Waals surface area (Å²) >= 11 is 0. The molecule has 2 aromatic rings. The summed E-state index contributed by atoms with van der Waals surface area (Å²) in [6.45, 7) is 1.97. The Hall–Kier alpha value is -2.89. The Bertz CT molecular complexity index is 727. The molecule has 0 aliphatic rings. The second-order valence-electron chi connectivity index (χ2n) is 5.05. The van der Waals surface area contributed by atoms with E-state index in [1.807, 2.05) is 31.2 Å². The van der Waals surface area contributed by atoms with Crippen LogP contribution in [0, 0.1) is 17.0 Å². The van der Waals surface area contributed by atoms with E-state index in [0.29, 0.717) is 12.2 Å². The fourth-order valence-electron chi connectivity index (χ4n) is 2.14. The SMILES string of the molecule is COc1ccc(OC(=O)CCc2cccc(C)c2)c([N+](=O)[O-])c1. The van der Waals surface area contributed by atoms with Crippen LogP contribution in [0.3, 0.4) is 0 Å². The van der Waals surface area contributed by atoms with Gasteiger partial charge in [-0.1, -0.05) is 29.8 Å². The maximum atomic E-state index is 11.9. The number of aryl methyl sites for hydroxylation is 2. The molecule has 0 aliphatic carbocycles. The topological polar surface area (TPSA) is 78.7 Å². The Balaban J connectivity index is 2.04. The minimum absolute atomic E-state index is 0.0787. The van der Waals surface area contributed by atoms with Gasteiger partial charge in [0.1, 0.15) is 5.75 Å². The van der Waals surface area contributed by atoms with Crippen LogP contribution in [0.2, 0.25) is 0 Å². The Kier molecular flexibility index (Phi) is 5.30. The first-order valence-electron chi connectivity index (χ1n) is 7.08. The average Bonchev–Trinajstić information content (AvgIpc) is 2.53. The average molecular weight is 315 g/mol. The number of hydrogen-bond acceptors (Lipinski definition) is 5. The maximum Gasteiger partial charge on any atom is 0.315 e. The van der Waals surface area contributed by atoms with Crippen molar-refractivity contribution >= 4 is 11.7 Å². The number of benzene rings is 2. The van der Waals surface area contributed by atoms with Crippen LogP contribution >= 0.6 is 0 Å². The van der Waals surface area contributed by atoms with Crippen molar-refractivity contribution in [1.29, 1.82) is 0 Å². The summed E-state index contributed by atoms with van der Waals surface area (Å²) in [6.07, 6.45) is 0.664. The first-order chi connectivity index (χ1) is 11.0. The summed E-state index contributed by atoms with van der Waals surface area (Å²) < 4.78 is 10.1. The predicted molar refractivity (Wildman–Crippen MR) is 84.8 cm³/mol. The Labute approximate surface area is 133 Å². The van der Waals surface area contributed by atoms with E-state index in [2.05, 4.69) is 0 Å². The quantitative estimate of drug-likeness (QED) is 0.353. The summed E-state index contributed by atoms with van der Waals surface area (Å²) in [5, 5.41) is 11.0. The van der Waals surface area contributed by atoms with Crippen molar-refractivity contribution in [3.05, 3.63) is 63.7 Å². The van der Waals surface area contributed by atoms with Gasteiger partial charge in [0.25, 0.3) is 0 Å². The second-order valence-corrected chi connectivity index (χ2v) is 5.05. The monoisotopic (exact) mass is 315 g/mol. The van der Waals surface area contributed by atoms with Crippen molar-refractivity contribution in [3.63, 3.8) is 0 Å². The Morgan fingerprint density at radius 1 is 1.22 bits per heavy atom. The van der Waals surface area contributed by atoms with E-state index >= 15 is 0 Å². The molecule has 2 rings (SSSR count). The first kappa shape index (κ1) is 16.5. The summed E-state index contributed by atoms with van der Waals surface area (Å²) in [6, 6.07) is 11.9. The van der Waals surface area contributed by atoms with Crippen molar-refractivity contribution in [1.82, 2.24) is 0 Å². The molecule has 2 aromatic carbocycles. The molecule has 0 aromatic heterocycles. The largest absolute Gasteiger partial charge is 0.496 e. The van der Waals surface area contributed by atoms with Crippen LogP contribution in [-0.4, -0.2) is 18.0 Å². The van der Waals surface area contributed by atoms with Gasteiger partial charge in [0, 0.05) is 6.42 Å². The number of nitro benzene ring substituents is 1. The van der Waals surface area contributed by atoms with Crippen LogP contribution in [0.1, 0.15) is 17.5 Å². The Morgan fingerprint density at radius 3 is 2.65 bits per heavy atom. The predicted octanol–water partition coefficient (Wildman–Crippen LogP) is 3.45. The van der Waals surface area contributed by atoms with Crippen molar-refractivity contribution in [2.75, 3.05) is 7.11 Å². The van der Waals surface area contributed by atoms with E-state index in [1.165, 1.54) is 25.3 Å². The van der Waals surface area contributed by atoms with Gasteiger partial charge in [0.15, 0.2) is 0 Å². The van der Waals surface area contributed by atoms with E-state index in [9.17, 15) is 14.9 Å². The summed E-state index contributed by atoms with van der Waals surface area (Å²) in [5.74, 6) is -0.263. The number of ether oxygens (including phenoxy) is 2. The zero-order chi connectivity index (χ0) is 16.8. The van der Waals surface area contributed by atoms with Crippen LogP contribution < -0.4 is 9.47 Å². The number of carbonyl (C=O) groups excluding carboxylic acids is 1. The molecule has 6 nitrogen and oxygen atoms in total. The number of nitro groups is 1. The zero-order valence-electron chi connectivity index (χ0n) is 12.9. The second kappa shape index (κ2) is 7.40. The fourth-order valence-corrected chi connectivity index (χ4v) is 2.14. The van der Waals surface area contributed by atoms with E-state index in [0.717, 1.165) is 11.1 Å². The third kappa shape index (κ3) is 4.54. The van der Waals surface area contributed by atoms with Crippen LogP contribution in [0.5, 0.6) is 11.5 Å². The first-order valence-corrected chi connectivity index (χ1v) is 7.08. The lowest BCUT2D eigenvalue weighted by Crippen LogP contribution is -2.10. The minimum Gasteiger partial charge on any atom is -0.496 e. The molecule has 0 unspecified atom stereocenters. The van der Waals surface area contributed by atoms with Gasteiger partial charge in [-0.15, -0.1) is 0 Å². The number of esters is 1. The van der Waals surface area contributed by atoms with Crippen molar-refractivity contribution in [2.24, 2.45) is 0 Å². The molecule has 23 heavy (non-hydrogen) atoms. The molecule has 0 radical (unpaired) electrons. The highest BCUT2D eigenvalue weighted by molar-refractivity contribution is 5.74. The molecule has 0 bridgehead atoms. The van der Waals surface area contributed by atoms with Gasteiger partial charge in [-0.2, -0.15) is 0 Å². The van der Waals surface area contributed by atoms with Crippen LogP contribution in [0.4, 0.5) is 5.69 Å². The van der Waals surface area contributed by atoms with Gasteiger partial charge in [0.05, 0.1) is 18.1 Å². The van der Waals surface area contributed by atoms with E-state index in [1.54, 1.807) is 0 Å². The number of hydrogen-bond donors (Lipinski definition) is 0. The van der Waals surface area contributed by atoms with Gasteiger partial charge < -0.3 is 9.47 Å². The van der Waals surface area contributed by atoms with Gasteiger partial charge >= 0.3 is 11.7 Å². The number of methoxy groups -OCH3 is 1. The van der Waals surface area contributed by atoms with Gasteiger partial charge in [-0.3, -0.25) is 14.9 Å². The molecule has 6 heteroatoms. The van der Waals surface area contributed by atoms with Gasteiger partial charge in [-0.05, 0) is 31.0 Å². The molecule has 0 heterocycles. The molecule has 0 saturated heterocycles. The van der Waals surface area contributed by atoms with Gasteiger partial charge in [-0.25, -0.2) is 0 Å². The highest BCUT2D eigenvalue weighted by atomic mass is 16.6. The number of carbonyl (C=O) groups is 1. The standard InChI is InChI=1S/C17H17NO5/c1-12-4-3-5-13(10-12)6-9-17(19)23-16-8-7-14(22-2)11-15(16)18(20)21/h3-5,7-8,10-11H,6,9H2,1-2H3. The normalized spacial score (nSPS) is 10.2. The molecular formula is C17H17NO5. The summed E-state index contributed by atoms with van der Waals surface area (Å²) in [5.41, 5.74) is 1.83. The molecule has 0 spiro atoms. The number of nitrogens with zero attached hydrogens (tertiary/aromatic N) is 1. The fraction of sp³-hybridized carbons (Fsp3) is 0.235. The molecular weight excluding hydrogens is 298 g/mol. The molecule has 0 amide bonds. The molecule has 0 atom stereocenters. The summed E-state index contributed by atoms with van der Waals surface area (Å²) in [4.78, 5) is 22.4. The maximum absolute atomic E-state index is 11.9. The summed E-state index contributed by atoms with van der Waals surface area (Å²) in [7, 11) is 1.41. The highest BCUT2D eigenvalue weighted by Gasteiger charge is 2.19. The van der Waals surface area contributed by atoms with E-state index < -0.39 is 10.9 Å². The molecule has 120 valence electrons. The third-order valence-electron chi connectivity index (χ3n) is 3.29. The van der Waals surface area contributed by atoms with Crippen LogP contribution in [0.25, 0.3) is 0 Å². The van der Waals surface area contributed by atoms with Crippen molar-refractivity contribution in [3.8, 4) is 11.5 Å². The molecule has 0 aliphatic heterocycles. The van der Waals surface area contributed by atoms with Crippen molar-refractivity contribution < 1.29 is 19.2 Å². The lowest BCUT2D eigenvalue weighted by atomic mass is 10.1. The third-order valence-corrected chi connectivity index (χ3v) is 3.29. The zero-order valence-corrected chi connectivity index (χ0v) is 12.9. The lowest BCUT2D eigenvalue weighted by molar-refractivity contribution is -0.385. The molecule has 0 fully saturated rings. The lowest BCUT2D eigenvalue weighted by Gasteiger charge is -2.07. The van der Waals surface area contributed by atoms with Crippen LogP contribution in [0.15, 0.2) is 42.5 Å². The smallest absolute Gasteiger partial charge is 0.315 e.